The van der Waals surface area contributed by atoms with Gasteiger partial charge in [-0.15, -0.1) is 11.3 Å². The van der Waals surface area contributed by atoms with Crippen molar-refractivity contribution in [1.82, 2.24) is 15.2 Å². The van der Waals surface area contributed by atoms with Crippen LogP contribution >= 0.6 is 54.8 Å². The number of hydrogen-bond acceptors (Lipinski definition) is 7. The molecular formula is C24H29Br2ClN6O6S. The molecule has 0 saturated heterocycles. The topological polar surface area (TPSA) is 200 Å². The zero-order valence-corrected chi connectivity index (χ0v) is 26.1. The fourth-order valence-corrected chi connectivity index (χ4v) is 4.66. The van der Waals surface area contributed by atoms with Crippen LogP contribution in [0, 0.1) is 0 Å². The van der Waals surface area contributed by atoms with Gasteiger partial charge in [0.15, 0.2) is 0 Å². The Morgan fingerprint density at radius 2 is 1.20 bits per heavy atom. The van der Waals surface area contributed by atoms with E-state index in [9.17, 15) is 24.8 Å². The minimum absolute atomic E-state index is 0.131. The number of halogens is 3. The van der Waals surface area contributed by atoms with Crippen LogP contribution in [0.1, 0.15) is 41.9 Å². The molecule has 1 aromatic heterocycles. The molecule has 0 bridgehead atoms. The molecule has 3 rings (SSSR count). The molecule has 218 valence electrons. The fraction of sp³-hybridized carbons (Fsp3) is 0.208. The highest BCUT2D eigenvalue weighted by molar-refractivity contribution is 9.11. The molecule has 1 heterocycles. The van der Waals surface area contributed by atoms with Crippen LogP contribution < -0.4 is 17.2 Å². The Morgan fingerprint density at radius 3 is 1.55 bits per heavy atom. The highest BCUT2D eigenvalue weighted by Gasteiger charge is 2.17. The number of rotatable bonds is 6. The quantitative estimate of drug-likeness (QED) is 0.129. The van der Waals surface area contributed by atoms with Crippen LogP contribution in [0.5, 0.6) is 0 Å². The van der Waals surface area contributed by atoms with Gasteiger partial charge in [-0.25, -0.2) is 19.4 Å². The van der Waals surface area contributed by atoms with Crippen LogP contribution in [-0.4, -0.2) is 48.9 Å². The number of benzene rings is 2. The Hall–Kier alpha value is -2.92. The molecule has 6 amide bonds. The van der Waals surface area contributed by atoms with E-state index in [4.69, 9.17) is 34.0 Å². The van der Waals surface area contributed by atoms with Gasteiger partial charge in [0.1, 0.15) is 0 Å². The molecule has 3 aromatic rings. The summed E-state index contributed by atoms with van der Waals surface area (Å²) in [6.45, 7) is 3.48. The van der Waals surface area contributed by atoms with Crippen LogP contribution in [0.25, 0.3) is 0 Å². The standard InChI is InChI=1S/C9H11BrN2O2.C9H11ClN2O2.C6H7BrN2O2S/c2*1-6(12(14)9(11)13)7-2-4-8(10)5-3-7;7-5-2-1-4(12-5)3-9(11)6(8)10/h2*2-6,14H,1H3,(H2,11,13);1-2,11H,3H2,(H2,8,10). The van der Waals surface area contributed by atoms with Crippen molar-refractivity contribution in [2.24, 2.45) is 17.2 Å². The summed E-state index contributed by atoms with van der Waals surface area (Å²) in [5.41, 5.74) is 16.2. The van der Waals surface area contributed by atoms with Crippen molar-refractivity contribution in [2.75, 3.05) is 0 Å². The van der Waals surface area contributed by atoms with E-state index in [2.05, 4.69) is 31.9 Å². The summed E-state index contributed by atoms with van der Waals surface area (Å²) in [4.78, 5) is 32.6. The molecule has 2 aromatic carbocycles. The first-order valence-electron chi connectivity index (χ1n) is 11.2. The zero-order valence-electron chi connectivity index (χ0n) is 21.3. The average Bonchev–Trinajstić information content (AvgIpc) is 3.32. The summed E-state index contributed by atoms with van der Waals surface area (Å²) >= 11 is 13.7. The number of urea groups is 3. The Balaban J connectivity index is 0.000000301. The number of carbonyl (C=O) groups is 3. The minimum atomic E-state index is -0.882. The Morgan fingerprint density at radius 1 is 0.775 bits per heavy atom. The number of nitrogens with two attached hydrogens (primary N) is 3. The van der Waals surface area contributed by atoms with Gasteiger partial charge >= 0.3 is 18.1 Å². The Bertz CT molecular complexity index is 1180. The molecule has 0 spiro atoms. The maximum Gasteiger partial charge on any atom is 0.339 e. The summed E-state index contributed by atoms with van der Waals surface area (Å²) in [6, 6.07) is 14.2. The molecule has 40 heavy (non-hydrogen) atoms. The zero-order chi connectivity index (χ0) is 30.6. The molecule has 0 aliphatic heterocycles. The molecule has 12 nitrogen and oxygen atoms in total. The van der Waals surface area contributed by atoms with Gasteiger partial charge in [0.2, 0.25) is 0 Å². The third-order valence-corrected chi connectivity index (χ3v) is 7.47. The molecule has 0 radical (unpaired) electrons. The maximum absolute atomic E-state index is 10.7. The van der Waals surface area contributed by atoms with Crippen LogP contribution in [0.4, 0.5) is 14.4 Å². The van der Waals surface area contributed by atoms with Crippen molar-refractivity contribution in [3.8, 4) is 0 Å². The second-order valence-corrected chi connectivity index (χ2v) is 11.8. The van der Waals surface area contributed by atoms with Gasteiger partial charge in [-0.05, 0) is 77.3 Å². The number of primary amides is 3. The number of hydrogen-bond donors (Lipinski definition) is 6. The predicted molar refractivity (Wildman–Crippen MR) is 158 cm³/mol. The van der Waals surface area contributed by atoms with Gasteiger partial charge in [-0.3, -0.25) is 15.6 Å². The molecule has 0 saturated carbocycles. The monoisotopic (exact) mass is 722 g/mol. The normalized spacial score (nSPS) is 11.5. The lowest BCUT2D eigenvalue weighted by Crippen LogP contribution is -2.34. The Kier molecular flexibility index (Phi) is 14.9. The highest BCUT2D eigenvalue weighted by Crippen LogP contribution is 2.23. The van der Waals surface area contributed by atoms with Crippen LogP contribution in [-0.2, 0) is 6.54 Å². The third-order valence-electron chi connectivity index (χ3n) is 5.08. The highest BCUT2D eigenvalue weighted by atomic mass is 79.9. The molecule has 0 aliphatic carbocycles. The smallest absolute Gasteiger partial charge is 0.339 e. The van der Waals surface area contributed by atoms with Gasteiger partial charge in [0.05, 0.1) is 22.4 Å². The largest absolute Gasteiger partial charge is 0.350 e. The van der Waals surface area contributed by atoms with E-state index in [1.54, 1.807) is 56.3 Å². The predicted octanol–water partition coefficient (Wildman–Crippen LogP) is 6.23. The molecule has 16 heteroatoms. The van der Waals surface area contributed by atoms with Gasteiger partial charge in [0.25, 0.3) is 0 Å². The van der Waals surface area contributed by atoms with Gasteiger partial charge < -0.3 is 17.2 Å². The van der Waals surface area contributed by atoms with Gasteiger partial charge in [0, 0.05) is 14.4 Å². The van der Waals surface area contributed by atoms with E-state index in [-0.39, 0.29) is 6.54 Å². The number of nitrogens with zero attached hydrogens (tertiary/aromatic N) is 3. The van der Waals surface area contributed by atoms with Gasteiger partial charge in [-0.1, -0.05) is 51.8 Å². The second kappa shape index (κ2) is 17.0. The van der Waals surface area contributed by atoms with Crippen molar-refractivity contribution in [3.63, 3.8) is 0 Å². The lowest BCUT2D eigenvalue weighted by molar-refractivity contribution is -0.0709. The number of carbonyl (C=O) groups excluding carboxylic acids is 3. The van der Waals surface area contributed by atoms with E-state index >= 15 is 0 Å². The molecular weight excluding hydrogens is 696 g/mol. The van der Waals surface area contributed by atoms with Crippen LogP contribution in [0.15, 0.2) is 68.9 Å². The third kappa shape index (κ3) is 12.1. The van der Waals surface area contributed by atoms with E-state index in [0.29, 0.717) is 20.2 Å². The summed E-state index contributed by atoms with van der Waals surface area (Å²) in [6.07, 6.45) is 0. The number of thiophene rings is 1. The summed E-state index contributed by atoms with van der Waals surface area (Å²) in [7, 11) is 0. The molecule has 2 unspecified atom stereocenters. The first-order valence-corrected chi connectivity index (χ1v) is 14.0. The number of hydroxylamine groups is 6. The van der Waals surface area contributed by atoms with E-state index < -0.39 is 30.2 Å². The van der Waals surface area contributed by atoms with Crippen molar-refractivity contribution in [1.29, 1.82) is 0 Å². The van der Waals surface area contributed by atoms with Crippen molar-refractivity contribution < 1.29 is 30.0 Å². The first-order chi connectivity index (χ1) is 18.6. The average molecular weight is 725 g/mol. The van der Waals surface area contributed by atoms with Crippen molar-refractivity contribution >= 4 is 72.9 Å². The number of amides is 6. The SMILES string of the molecule is CC(c1ccc(Br)cc1)N(O)C(N)=O.CC(c1ccc(Cl)cc1)N(O)C(N)=O.NC(=O)N(O)Cc1ccc(Br)s1. The Labute approximate surface area is 256 Å². The van der Waals surface area contributed by atoms with Crippen molar-refractivity contribution in [3.05, 3.63) is 89.9 Å². The van der Waals surface area contributed by atoms with E-state index in [1.165, 1.54) is 11.3 Å². The second-order valence-electron chi connectivity index (χ2n) is 7.92. The lowest BCUT2D eigenvalue weighted by atomic mass is 10.1. The fourth-order valence-electron chi connectivity index (χ4n) is 2.81. The summed E-state index contributed by atoms with van der Waals surface area (Å²) < 4.78 is 1.90. The molecule has 0 fully saturated rings. The van der Waals surface area contributed by atoms with Crippen molar-refractivity contribution in [2.45, 2.75) is 32.5 Å². The molecule has 9 N–H and O–H groups in total. The molecule has 2 atom stereocenters. The lowest BCUT2D eigenvalue weighted by Gasteiger charge is -2.20. The summed E-state index contributed by atoms with van der Waals surface area (Å²) in [5.74, 6) is 0. The first kappa shape index (κ1) is 35.1. The van der Waals surface area contributed by atoms with E-state index in [0.717, 1.165) is 24.3 Å². The van der Waals surface area contributed by atoms with Crippen LogP contribution in [0.2, 0.25) is 5.02 Å². The van der Waals surface area contributed by atoms with Crippen LogP contribution in [0.3, 0.4) is 0 Å². The van der Waals surface area contributed by atoms with E-state index in [1.807, 2.05) is 18.2 Å². The summed E-state index contributed by atoms with van der Waals surface area (Å²) in [5, 5.41) is 29.5. The molecule has 0 aliphatic rings. The maximum atomic E-state index is 10.7. The van der Waals surface area contributed by atoms with Gasteiger partial charge in [-0.2, -0.15) is 10.1 Å². The minimum Gasteiger partial charge on any atom is -0.350 e.